The van der Waals surface area contributed by atoms with E-state index < -0.39 is 0 Å². The normalized spacial score (nSPS) is 10.9. The molecule has 0 fully saturated rings. The van der Waals surface area contributed by atoms with Crippen molar-refractivity contribution in [3.63, 3.8) is 0 Å². The minimum atomic E-state index is -0.238. The van der Waals surface area contributed by atoms with Crippen molar-refractivity contribution in [2.45, 2.75) is 0 Å². The number of fused-ring (bicyclic) bond motifs is 1. The van der Waals surface area contributed by atoms with E-state index in [1.807, 2.05) is 72.5 Å². The molecule has 2 heterocycles. The fourth-order valence-corrected chi connectivity index (χ4v) is 4.63. The average molecular weight is 391 g/mol. The number of rotatable bonds is 4. The molecule has 0 aliphatic heterocycles. The van der Waals surface area contributed by atoms with E-state index in [4.69, 9.17) is 0 Å². The molecule has 25 heavy (non-hydrogen) atoms. The Kier molecular flexibility index (Phi) is 4.22. The van der Waals surface area contributed by atoms with Gasteiger partial charge in [-0.05, 0) is 0 Å². The van der Waals surface area contributed by atoms with Gasteiger partial charge in [-0.25, -0.2) is 0 Å². The van der Waals surface area contributed by atoms with Gasteiger partial charge in [0.05, 0.1) is 0 Å². The molecule has 2 aromatic carbocycles. The van der Waals surface area contributed by atoms with Crippen molar-refractivity contribution >= 4 is 35.0 Å². The molecular formula is C21H16N2OSe. The van der Waals surface area contributed by atoms with Crippen molar-refractivity contribution in [1.82, 2.24) is 9.55 Å². The van der Waals surface area contributed by atoms with E-state index in [0.29, 0.717) is 0 Å². The minimum absolute atomic E-state index is 0.195. The summed E-state index contributed by atoms with van der Waals surface area (Å²) >= 11 is -0.238. The standard InChI is InChI=1S/C21H16N2OSe/c1-23-14-18(21(24)25-16-8-3-2-4-9-16)20-17(10-5-11-19(20)23)15-7-6-12-22-13-15/h2-14H,1H3. The predicted molar refractivity (Wildman–Crippen MR) is 102 cm³/mol. The van der Waals surface area contributed by atoms with Gasteiger partial charge in [0, 0.05) is 0 Å². The number of aryl methyl sites for hydroxylation is 1. The molecule has 4 heteroatoms. The van der Waals surface area contributed by atoms with Gasteiger partial charge in [0.2, 0.25) is 0 Å². The summed E-state index contributed by atoms with van der Waals surface area (Å²) in [6.45, 7) is 0. The maximum absolute atomic E-state index is 13.0. The van der Waals surface area contributed by atoms with E-state index in [2.05, 4.69) is 17.1 Å². The summed E-state index contributed by atoms with van der Waals surface area (Å²) in [6.07, 6.45) is 5.56. The molecule has 0 aliphatic rings. The molecule has 0 amide bonds. The summed E-state index contributed by atoms with van der Waals surface area (Å²) in [5, 5.41) is 1.01. The molecule has 0 atom stereocenters. The second-order valence-electron chi connectivity index (χ2n) is 5.80. The number of pyridine rings is 1. The summed E-state index contributed by atoms with van der Waals surface area (Å²) in [4.78, 5) is 17.3. The Morgan fingerprint density at radius 2 is 1.84 bits per heavy atom. The zero-order valence-electron chi connectivity index (χ0n) is 13.7. The third-order valence-corrected chi connectivity index (χ3v) is 6.08. The third kappa shape index (κ3) is 3.02. The SMILES string of the molecule is Cn1cc(C(=O)[Se]c2ccccc2)c2c(-c3cccnc3)cccc21. The Morgan fingerprint density at radius 1 is 1.00 bits per heavy atom. The van der Waals surface area contributed by atoms with E-state index in [1.54, 1.807) is 6.20 Å². The fraction of sp³-hybridized carbons (Fsp3) is 0.0476. The van der Waals surface area contributed by atoms with E-state index in [-0.39, 0.29) is 19.6 Å². The van der Waals surface area contributed by atoms with E-state index >= 15 is 0 Å². The Labute approximate surface area is 152 Å². The van der Waals surface area contributed by atoms with Crippen LogP contribution < -0.4 is 4.46 Å². The van der Waals surface area contributed by atoms with Gasteiger partial charge in [0.1, 0.15) is 0 Å². The van der Waals surface area contributed by atoms with Crippen LogP contribution in [-0.2, 0) is 7.05 Å². The molecule has 0 spiro atoms. The summed E-state index contributed by atoms with van der Waals surface area (Å²) < 4.78 is 3.32. The molecule has 0 unspecified atom stereocenters. The van der Waals surface area contributed by atoms with Gasteiger partial charge < -0.3 is 0 Å². The first-order valence-corrected chi connectivity index (χ1v) is 9.71. The average Bonchev–Trinajstić information content (AvgIpc) is 3.00. The molecule has 122 valence electrons. The molecule has 0 saturated carbocycles. The molecule has 0 bridgehead atoms. The summed E-state index contributed by atoms with van der Waals surface area (Å²) in [5.41, 5.74) is 3.94. The van der Waals surface area contributed by atoms with Crippen LogP contribution in [0.1, 0.15) is 10.4 Å². The van der Waals surface area contributed by atoms with Crippen LogP contribution in [0.3, 0.4) is 0 Å². The van der Waals surface area contributed by atoms with Crippen LogP contribution in [-0.4, -0.2) is 29.2 Å². The molecule has 4 rings (SSSR count). The summed E-state index contributed by atoms with van der Waals surface area (Å²) in [7, 11) is 1.99. The molecule has 0 radical (unpaired) electrons. The van der Waals surface area contributed by atoms with Crippen LogP contribution in [0.25, 0.3) is 22.0 Å². The van der Waals surface area contributed by atoms with Crippen LogP contribution in [0.4, 0.5) is 0 Å². The molecule has 2 aromatic heterocycles. The topological polar surface area (TPSA) is 34.9 Å². The number of hydrogen-bond donors (Lipinski definition) is 0. The van der Waals surface area contributed by atoms with Crippen molar-refractivity contribution in [2.75, 3.05) is 0 Å². The first-order chi connectivity index (χ1) is 12.2. The Hall–Kier alpha value is -2.68. The molecule has 0 aliphatic carbocycles. The van der Waals surface area contributed by atoms with Crippen LogP contribution >= 0.6 is 0 Å². The first kappa shape index (κ1) is 15.8. The fourth-order valence-electron chi connectivity index (χ4n) is 3.01. The van der Waals surface area contributed by atoms with Crippen molar-refractivity contribution in [3.05, 3.63) is 84.8 Å². The summed E-state index contributed by atoms with van der Waals surface area (Å²) in [5.74, 6) is 0. The van der Waals surface area contributed by atoms with Gasteiger partial charge in [0.25, 0.3) is 0 Å². The van der Waals surface area contributed by atoms with Gasteiger partial charge in [-0.2, -0.15) is 0 Å². The second-order valence-corrected chi connectivity index (χ2v) is 7.99. The van der Waals surface area contributed by atoms with Gasteiger partial charge >= 0.3 is 152 Å². The maximum atomic E-state index is 13.0. The van der Waals surface area contributed by atoms with E-state index in [0.717, 1.165) is 32.1 Å². The van der Waals surface area contributed by atoms with Crippen molar-refractivity contribution in [2.24, 2.45) is 7.05 Å². The zero-order valence-corrected chi connectivity index (χ0v) is 15.4. The summed E-state index contributed by atoms with van der Waals surface area (Å²) in [6, 6.07) is 20.1. The molecule has 0 saturated heterocycles. The van der Waals surface area contributed by atoms with E-state index in [1.165, 1.54) is 0 Å². The van der Waals surface area contributed by atoms with Crippen molar-refractivity contribution in [1.29, 1.82) is 0 Å². The Bertz CT molecular complexity index is 1040. The number of nitrogens with zero attached hydrogens (tertiary/aromatic N) is 2. The van der Waals surface area contributed by atoms with Gasteiger partial charge in [-0.3, -0.25) is 0 Å². The number of carbonyl (C=O) groups excluding carboxylic acids is 1. The number of aromatic nitrogens is 2. The van der Waals surface area contributed by atoms with Gasteiger partial charge in [-0.15, -0.1) is 0 Å². The van der Waals surface area contributed by atoms with Crippen LogP contribution in [0.2, 0.25) is 0 Å². The molecule has 4 aromatic rings. The number of hydrogen-bond acceptors (Lipinski definition) is 2. The third-order valence-electron chi connectivity index (χ3n) is 4.16. The second kappa shape index (κ2) is 6.67. The van der Waals surface area contributed by atoms with Crippen molar-refractivity contribution in [3.8, 4) is 11.1 Å². The predicted octanol–water partition coefficient (Wildman–Crippen LogP) is 3.41. The Balaban J connectivity index is 1.86. The quantitative estimate of drug-likeness (QED) is 0.500. The van der Waals surface area contributed by atoms with Crippen LogP contribution in [0, 0.1) is 0 Å². The first-order valence-electron chi connectivity index (χ1n) is 8.00. The van der Waals surface area contributed by atoms with Crippen molar-refractivity contribution < 1.29 is 4.79 Å². The van der Waals surface area contributed by atoms with Gasteiger partial charge in [0.15, 0.2) is 0 Å². The Morgan fingerprint density at radius 3 is 2.60 bits per heavy atom. The zero-order chi connectivity index (χ0) is 17.2. The number of carbonyl (C=O) groups is 1. The molecule has 3 nitrogen and oxygen atoms in total. The number of benzene rings is 2. The van der Waals surface area contributed by atoms with Crippen LogP contribution in [0.15, 0.2) is 79.3 Å². The molecule has 0 N–H and O–H groups in total. The molecular weight excluding hydrogens is 375 g/mol. The van der Waals surface area contributed by atoms with E-state index in [9.17, 15) is 4.79 Å². The van der Waals surface area contributed by atoms with Gasteiger partial charge in [-0.1, -0.05) is 0 Å². The van der Waals surface area contributed by atoms with Crippen LogP contribution in [0.5, 0.6) is 0 Å². The monoisotopic (exact) mass is 392 g/mol.